The number of nitrogens with two attached hydrogens (primary N) is 1. The molecule has 92 valence electrons. The Morgan fingerprint density at radius 2 is 2.00 bits per heavy atom. The van der Waals surface area contributed by atoms with E-state index in [4.69, 9.17) is 15.9 Å². The van der Waals surface area contributed by atoms with Crippen LogP contribution in [-0.2, 0) is 0 Å². The normalized spacial score (nSPS) is 10.1. The Bertz CT molecular complexity index is 581. The summed E-state index contributed by atoms with van der Waals surface area (Å²) in [4.78, 5) is 4.15. The molecule has 0 amide bonds. The van der Waals surface area contributed by atoms with E-state index in [0.29, 0.717) is 17.1 Å². The third-order valence-electron chi connectivity index (χ3n) is 2.35. The number of benzene rings is 1. The van der Waals surface area contributed by atoms with Crippen LogP contribution in [0.5, 0.6) is 11.5 Å². The van der Waals surface area contributed by atoms with Crippen molar-refractivity contribution < 1.29 is 4.74 Å². The molecule has 0 saturated carbocycles. The van der Waals surface area contributed by atoms with E-state index in [2.05, 4.69) is 20.9 Å². The van der Waals surface area contributed by atoms with E-state index in [9.17, 15) is 0 Å². The summed E-state index contributed by atoms with van der Waals surface area (Å²) < 4.78 is 6.37. The third kappa shape index (κ3) is 2.87. The first-order valence-electron chi connectivity index (χ1n) is 5.31. The van der Waals surface area contributed by atoms with Crippen LogP contribution in [0.25, 0.3) is 0 Å². The largest absolute Gasteiger partial charge is 0.456 e. The highest BCUT2D eigenvalue weighted by Crippen LogP contribution is 2.26. The van der Waals surface area contributed by atoms with Crippen molar-refractivity contribution in [1.82, 2.24) is 4.98 Å². The Morgan fingerprint density at radius 3 is 2.56 bits per heavy atom. The summed E-state index contributed by atoms with van der Waals surface area (Å²) in [7, 11) is 0. The van der Waals surface area contributed by atoms with Crippen molar-refractivity contribution in [2.75, 3.05) is 0 Å². The fraction of sp³-hybridized carbons (Fsp3) is 0.0769. The van der Waals surface area contributed by atoms with Gasteiger partial charge in [0.15, 0.2) is 0 Å². The van der Waals surface area contributed by atoms with Crippen LogP contribution in [0.2, 0.25) is 0 Å². The summed E-state index contributed by atoms with van der Waals surface area (Å²) >= 11 is 3.36. The quantitative estimate of drug-likeness (QED) is 0.675. The van der Waals surface area contributed by atoms with Gasteiger partial charge in [0, 0.05) is 15.7 Å². The molecule has 3 N–H and O–H groups in total. The molecule has 0 unspecified atom stereocenters. The van der Waals surface area contributed by atoms with Gasteiger partial charge in [-0.05, 0) is 53.2 Å². The maximum atomic E-state index is 7.39. The molecule has 1 heterocycles. The topological polar surface area (TPSA) is 72.0 Å². The highest BCUT2D eigenvalue weighted by atomic mass is 79.9. The van der Waals surface area contributed by atoms with Crippen molar-refractivity contribution >= 4 is 21.8 Å². The predicted octanol–water partition coefficient (Wildman–Crippen LogP) is 3.23. The van der Waals surface area contributed by atoms with Crippen molar-refractivity contribution in [3.8, 4) is 11.5 Å². The number of hydrogen-bond acceptors (Lipinski definition) is 3. The molecule has 5 heteroatoms. The predicted molar refractivity (Wildman–Crippen MR) is 74.2 cm³/mol. The van der Waals surface area contributed by atoms with E-state index >= 15 is 0 Å². The van der Waals surface area contributed by atoms with Gasteiger partial charge in [0.25, 0.3) is 0 Å². The minimum absolute atomic E-state index is 0.0189. The zero-order valence-electron chi connectivity index (χ0n) is 9.77. The Labute approximate surface area is 113 Å². The Hall–Kier alpha value is -1.88. The lowest BCUT2D eigenvalue weighted by molar-refractivity contribution is 0.479. The number of nitrogens with zero attached hydrogens (tertiary/aromatic N) is 1. The minimum atomic E-state index is 0.0189. The smallest absolute Gasteiger partial charge is 0.145 e. The number of rotatable bonds is 3. The van der Waals surface area contributed by atoms with Crippen molar-refractivity contribution in [1.29, 1.82) is 5.41 Å². The second-order valence-corrected chi connectivity index (χ2v) is 4.65. The molecule has 0 aliphatic heterocycles. The minimum Gasteiger partial charge on any atom is -0.456 e. The highest BCUT2D eigenvalue weighted by Gasteiger charge is 2.05. The number of ether oxygens (including phenoxy) is 1. The first kappa shape index (κ1) is 12.6. The lowest BCUT2D eigenvalue weighted by Gasteiger charge is -2.08. The van der Waals surface area contributed by atoms with Gasteiger partial charge in [0.1, 0.15) is 17.3 Å². The maximum absolute atomic E-state index is 7.39. The molecule has 0 bridgehead atoms. The Balaban J connectivity index is 2.22. The molecule has 0 aliphatic carbocycles. The molecule has 0 atom stereocenters. The van der Waals surface area contributed by atoms with Gasteiger partial charge >= 0.3 is 0 Å². The first-order chi connectivity index (χ1) is 8.56. The number of pyridine rings is 1. The van der Waals surface area contributed by atoms with Crippen LogP contribution in [0.1, 0.15) is 11.3 Å². The SMILES string of the molecule is Cc1ccc(Oc2ccc(C(=N)N)c(Br)c2)cn1. The molecule has 0 spiro atoms. The van der Waals surface area contributed by atoms with Crippen LogP contribution < -0.4 is 10.5 Å². The summed E-state index contributed by atoms with van der Waals surface area (Å²) in [6.07, 6.45) is 1.67. The molecule has 0 radical (unpaired) electrons. The van der Waals surface area contributed by atoms with Gasteiger partial charge in [-0.3, -0.25) is 10.4 Å². The average molecular weight is 306 g/mol. The molecule has 0 saturated heterocycles. The highest BCUT2D eigenvalue weighted by molar-refractivity contribution is 9.10. The maximum Gasteiger partial charge on any atom is 0.145 e. The van der Waals surface area contributed by atoms with Crippen LogP contribution in [-0.4, -0.2) is 10.8 Å². The molecule has 1 aromatic carbocycles. The average Bonchev–Trinajstić information content (AvgIpc) is 2.32. The monoisotopic (exact) mass is 305 g/mol. The van der Waals surface area contributed by atoms with Gasteiger partial charge < -0.3 is 10.5 Å². The fourth-order valence-electron chi connectivity index (χ4n) is 1.43. The number of aromatic nitrogens is 1. The van der Waals surface area contributed by atoms with Crippen LogP contribution in [0.3, 0.4) is 0 Å². The summed E-state index contributed by atoms with van der Waals surface area (Å²) in [6, 6.07) is 9.02. The lowest BCUT2D eigenvalue weighted by atomic mass is 10.2. The van der Waals surface area contributed by atoms with Crippen LogP contribution in [0.15, 0.2) is 41.0 Å². The number of amidine groups is 1. The zero-order chi connectivity index (χ0) is 13.1. The Kier molecular flexibility index (Phi) is 3.62. The van der Waals surface area contributed by atoms with E-state index < -0.39 is 0 Å². The molecule has 18 heavy (non-hydrogen) atoms. The molecule has 0 aliphatic rings. The molecular weight excluding hydrogens is 294 g/mol. The molecule has 1 aromatic heterocycles. The number of nitrogens with one attached hydrogen (secondary N) is 1. The summed E-state index contributed by atoms with van der Waals surface area (Å²) in [6.45, 7) is 1.92. The summed E-state index contributed by atoms with van der Waals surface area (Å²) in [5, 5.41) is 7.39. The van der Waals surface area contributed by atoms with Crippen molar-refractivity contribution in [2.24, 2.45) is 5.73 Å². The molecule has 4 nitrogen and oxygen atoms in total. The molecule has 2 aromatic rings. The zero-order valence-corrected chi connectivity index (χ0v) is 11.4. The summed E-state index contributed by atoms with van der Waals surface area (Å²) in [5.41, 5.74) is 7.02. The Morgan fingerprint density at radius 1 is 1.28 bits per heavy atom. The lowest BCUT2D eigenvalue weighted by Crippen LogP contribution is -2.11. The standard InChI is InChI=1S/C13H12BrN3O/c1-8-2-3-10(7-17-8)18-9-4-5-11(13(15)16)12(14)6-9/h2-7H,1H3,(H3,15,16). The van der Waals surface area contributed by atoms with Gasteiger partial charge in [-0.1, -0.05) is 0 Å². The van der Waals surface area contributed by atoms with E-state index in [1.54, 1.807) is 24.4 Å². The third-order valence-corrected chi connectivity index (χ3v) is 3.01. The van der Waals surface area contributed by atoms with Gasteiger partial charge in [-0.2, -0.15) is 0 Å². The van der Waals surface area contributed by atoms with E-state index in [0.717, 1.165) is 10.2 Å². The van der Waals surface area contributed by atoms with Crippen LogP contribution in [0, 0.1) is 12.3 Å². The summed E-state index contributed by atoms with van der Waals surface area (Å²) in [5.74, 6) is 1.35. The fourth-order valence-corrected chi connectivity index (χ4v) is 2.00. The van der Waals surface area contributed by atoms with Gasteiger partial charge in [0.2, 0.25) is 0 Å². The first-order valence-corrected chi connectivity index (χ1v) is 6.10. The molecule has 0 fully saturated rings. The van der Waals surface area contributed by atoms with Crippen molar-refractivity contribution in [3.63, 3.8) is 0 Å². The van der Waals surface area contributed by atoms with Gasteiger partial charge in [-0.15, -0.1) is 0 Å². The second-order valence-electron chi connectivity index (χ2n) is 3.79. The van der Waals surface area contributed by atoms with Crippen LogP contribution >= 0.6 is 15.9 Å². The number of halogens is 1. The number of nitrogen functional groups attached to an aromatic ring is 1. The molecular formula is C13H12BrN3O. The van der Waals surface area contributed by atoms with E-state index in [-0.39, 0.29) is 5.84 Å². The van der Waals surface area contributed by atoms with Crippen molar-refractivity contribution in [2.45, 2.75) is 6.92 Å². The molecule has 2 rings (SSSR count). The van der Waals surface area contributed by atoms with Gasteiger partial charge in [0.05, 0.1) is 6.20 Å². The van der Waals surface area contributed by atoms with E-state index in [1.165, 1.54) is 0 Å². The number of aryl methyl sites for hydroxylation is 1. The van der Waals surface area contributed by atoms with Gasteiger partial charge in [-0.25, -0.2) is 0 Å². The number of hydrogen-bond donors (Lipinski definition) is 2. The van der Waals surface area contributed by atoms with Crippen LogP contribution in [0.4, 0.5) is 0 Å². The van der Waals surface area contributed by atoms with Crippen molar-refractivity contribution in [3.05, 3.63) is 52.3 Å². The second kappa shape index (κ2) is 5.18. The van der Waals surface area contributed by atoms with E-state index in [1.807, 2.05) is 19.1 Å².